The van der Waals surface area contributed by atoms with E-state index in [1.54, 1.807) is 24.3 Å². The van der Waals surface area contributed by atoms with Gasteiger partial charge in [-0.3, -0.25) is 4.79 Å². The highest BCUT2D eigenvalue weighted by molar-refractivity contribution is 6.34. The van der Waals surface area contributed by atoms with E-state index in [9.17, 15) is 22.8 Å². The third kappa shape index (κ3) is 6.89. The summed E-state index contributed by atoms with van der Waals surface area (Å²) in [6.07, 6.45) is -4.01. The molecule has 1 aliphatic rings. The lowest BCUT2D eigenvalue weighted by atomic mass is 10.0. The summed E-state index contributed by atoms with van der Waals surface area (Å²) in [6.45, 7) is 1.20. The minimum Gasteiger partial charge on any atom is -0.488 e. The molecule has 2 N–H and O–H groups in total. The average Bonchev–Trinajstić information content (AvgIpc) is 3.34. The van der Waals surface area contributed by atoms with Gasteiger partial charge >= 0.3 is 12.4 Å². The van der Waals surface area contributed by atoms with Crippen LogP contribution in [0.5, 0.6) is 11.5 Å². The lowest BCUT2D eigenvalue weighted by Crippen LogP contribution is -2.20. The van der Waals surface area contributed by atoms with Gasteiger partial charge in [0.25, 0.3) is 0 Å². The molecule has 11 heteroatoms. The van der Waals surface area contributed by atoms with Crippen LogP contribution in [-0.2, 0) is 4.74 Å². The maximum atomic E-state index is 12.9. The minimum atomic E-state index is -4.81. The second kappa shape index (κ2) is 10.9. The highest BCUT2D eigenvalue weighted by Gasteiger charge is 2.31. The Morgan fingerprint density at radius 2 is 1.58 bits per heavy atom. The predicted octanol–water partition coefficient (Wildman–Crippen LogP) is 6.28. The van der Waals surface area contributed by atoms with E-state index >= 15 is 0 Å². The minimum absolute atomic E-state index is 0.00578. The second-order valence-electron chi connectivity index (χ2n) is 7.80. The highest BCUT2D eigenvalue weighted by atomic mass is 35.5. The van der Waals surface area contributed by atoms with Gasteiger partial charge in [0, 0.05) is 23.2 Å². The Morgan fingerprint density at radius 3 is 2.22 bits per heavy atom. The van der Waals surface area contributed by atoms with Gasteiger partial charge in [-0.25, -0.2) is 4.79 Å². The smallest absolute Gasteiger partial charge is 0.488 e. The number of hydrogen-bond acceptors (Lipinski definition) is 5. The van der Waals surface area contributed by atoms with E-state index < -0.39 is 18.1 Å². The number of ketones is 1. The first-order valence-electron chi connectivity index (χ1n) is 10.8. The molecule has 0 aromatic heterocycles. The van der Waals surface area contributed by atoms with Crippen LogP contribution in [0, 0.1) is 0 Å². The van der Waals surface area contributed by atoms with Gasteiger partial charge in [0.1, 0.15) is 17.6 Å². The van der Waals surface area contributed by atoms with Crippen molar-refractivity contribution in [1.29, 1.82) is 0 Å². The maximum Gasteiger partial charge on any atom is 0.573 e. The molecule has 3 aromatic carbocycles. The van der Waals surface area contributed by atoms with E-state index in [0.29, 0.717) is 30.1 Å². The Labute approximate surface area is 209 Å². The van der Waals surface area contributed by atoms with Crippen molar-refractivity contribution in [3.63, 3.8) is 0 Å². The van der Waals surface area contributed by atoms with Gasteiger partial charge < -0.3 is 24.8 Å². The molecule has 1 heterocycles. The van der Waals surface area contributed by atoms with Gasteiger partial charge in [-0.2, -0.15) is 0 Å². The van der Waals surface area contributed by atoms with Crippen LogP contribution in [0.15, 0.2) is 66.7 Å². The fourth-order valence-corrected chi connectivity index (χ4v) is 3.60. The van der Waals surface area contributed by atoms with Gasteiger partial charge in [-0.15, -0.1) is 13.2 Å². The first-order chi connectivity index (χ1) is 17.2. The first-order valence-corrected chi connectivity index (χ1v) is 11.2. The zero-order valence-corrected chi connectivity index (χ0v) is 19.4. The number of carbonyl (C=O) groups excluding carboxylic acids is 2. The van der Waals surface area contributed by atoms with Gasteiger partial charge in [0.15, 0.2) is 5.78 Å². The number of anilines is 2. The molecule has 0 aliphatic carbocycles. The zero-order chi connectivity index (χ0) is 25.7. The van der Waals surface area contributed by atoms with E-state index in [1.165, 1.54) is 30.3 Å². The van der Waals surface area contributed by atoms with Crippen LogP contribution in [-0.4, -0.2) is 37.5 Å². The second-order valence-corrected chi connectivity index (χ2v) is 8.21. The van der Waals surface area contributed by atoms with Crippen LogP contribution in [0.25, 0.3) is 0 Å². The van der Waals surface area contributed by atoms with E-state index in [4.69, 9.17) is 21.1 Å². The van der Waals surface area contributed by atoms with Crippen molar-refractivity contribution < 1.29 is 37.0 Å². The summed E-state index contributed by atoms with van der Waals surface area (Å²) in [4.78, 5) is 25.3. The fraction of sp³-hybridized carbons (Fsp3) is 0.200. The molecule has 0 radical (unpaired) electrons. The normalized spacial score (nSPS) is 15.3. The molecule has 1 saturated heterocycles. The number of urea groups is 1. The summed E-state index contributed by atoms with van der Waals surface area (Å²) in [5.41, 5.74) is 1.11. The molecule has 1 aliphatic heterocycles. The number of benzene rings is 3. The van der Waals surface area contributed by atoms with Crippen LogP contribution >= 0.6 is 11.6 Å². The van der Waals surface area contributed by atoms with E-state index in [1.807, 2.05) is 0 Å². The van der Waals surface area contributed by atoms with E-state index in [0.717, 1.165) is 18.6 Å². The largest absolute Gasteiger partial charge is 0.573 e. The van der Waals surface area contributed by atoms with Gasteiger partial charge in [-0.1, -0.05) is 11.6 Å². The molecule has 188 valence electrons. The standard InChI is InChI=1S/C25H20ClF3N2O5/c26-21-10-3-16(23(32)15-1-6-18(7-2-15)35-20-11-12-34-14-20)13-22(21)31-24(33)30-17-4-8-19(9-5-17)36-25(27,28)29/h1-10,13,20H,11-12,14H2,(H2,30,31,33)/t20-/m1/s1. The molecule has 4 rings (SSSR count). The van der Waals surface area contributed by atoms with Crippen molar-refractivity contribution in [1.82, 2.24) is 0 Å². The Hall–Kier alpha value is -3.76. The number of carbonyl (C=O) groups is 2. The molecule has 1 fully saturated rings. The Balaban J connectivity index is 1.39. The molecule has 0 saturated carbocycles. The Kier molecular flexibility index (Phi) is 7.66. The summed E-state index contributed by atoms with van der Waals surface area (Å²) in [6, 6.07) is 15.1. The van der Waals surface area contributed by atoms with Crippen LogP contribution in [0.2, 0.25) is 5.02 Å². The number of alkyl halides is 3. The SMILES string of the molecule is O=C(Nc1ccc(OC(F)(F)F)cc1)Nc1cc(C(=O)c2ccc(O[C@@H]3CCOC3)cc2)ccc1Cl. The van der Waals surface area contributed by atoms with E-state index in [-0.39, 0.29) is 28.3 Å². The monoisotopic (exact) mass is 520 g/mol. The molecule has 0 unspecified atom stereocenters. The van der Waals surface area contributed by atoms with Crippen molar-refractivity contribution in [2.45, 2.75) is 18.9 Å². The van der Waals surface area contributed by atoms with Crippen molar-refractivity contribution in [2.24, 2.45) is 0 Å². The topological polar surface area (TPSA) is 85.9 Å². The van der Waals surface area contributed by atoms with Gasteiger partial charge in [0.05, 0.1) is 23.9 Å². The first kappa shape index (κ1) is 25.3. The number of hydrogen-bond donors (Lipinski definition) is 2. The molecule has 1 atom stereocenters. The predicted molar refractivity (Wildman–Crippen MR) is 127 cm³/mol. The molecule has 0 bridgehead atoms. The summed E-state index contributed by atoms with van der Waals surface area (Å²) >= 11 is 6.17. The number of nitrogens with one attached hydrogen (secondary N) is 2. The number of rotatable bonds is 7. The van der Waals surface area contributed by atoms with Gasteiger partial charge in [-0.05, 0) is 66.7 Å². The lowest BCUT2D eigenvalue weighted by Gasteiger charge is -2.13. The summed E-state index contributed by atoms with van der Waals surface area (Å²) in [7, 11) is 0. The Bertz CT molecular complexity index is 1230. The third-order valence-corrected chi connectivity index (χ3v) is 5.46. The van der Waals surface area contributed by atoms with Crippen LogP contribution in [0.1, 0.15) is 22.3 Å². The number of ether oxygens (including phenoxy) is 3. The summed E-state index contributed by atoms with van der Waals surface area (Å²) < 4.78 is 51.7. The number of halogens is 4. The lowest BCUT2D eigenvalue weighted by molar-refractivity contribution is -0.274. The van der Waals surface area contributed by atoms with Crippen molar-refractivity contribution >= 4 is 34.8 Å². The molecule has 7 nitrogen and oxygen atoms in total. The van der Waals surface area contributed by atoms with Crippen LogP contribution in [0.3, 0.4) is 0 Å². The molecular weight excluding hydrogens is 501 g/mol. The van der Waals surface area contributed by atoms with Crippen molar-refractivity contribution in [3.8, 4) is 11.5 Å². The fourth-order valence-electron chi connectivity index (χ4n) is 3.44. The molecule has 2 amide bonds. The quantitative estimate of drug-likeness (QED) is 0.358. The summed E-state index contributed by atoms with van der Waals surface area (Å²) in [5, 5.41) is 5.19. The average molecular weight is 521 g/mol. The molecular formula is C25H20ClF3N2O5. The summed E-state index contributed by atoms with van der Waals surface area (Å²) in [5.74, 6) is -0.0730. The van der Waals surface area contributed by atoms with Crippen LogP contribution < -0.4 is 20.1 Å². The Morgan fingerprint density at radius 1 is 0.917 bits per heavy atom. The molecule has 0 spiro atoms. The molecule has 36 heavy (non-hydrogen) atoms. The number of amides is 2. The van der Waals surface area contributed by atoms with E-state index in [2.05, 4.69) is 15.4 Å². The molecule has 3 aromatic rings. The van der Waals surface area contributed by atoms with Crippen molar-refractivity contribution in [3.05, 3.63) is 82.9 Å². The van der Waals surface area contributed by atoms with Gasteiger partial charge in [0.2, 0.25) is 0 Å². The van der Waals surface area contributed by atoms with Crippen molar-refractivity contribution in [2.75, 3.05) is 23.8 Å². The third-order valence-electron chi connectivity index (χ3n) is 5.13. The maximum absolute atomic E-state index is 12.9. The highest BCUT2D eigenvalue weighted by Crippen LogP contribution is 2.27. The van der Waals surface area contributed by atoms with Crippen LogP contribution in [0.4, 0.5) is 29.3 Å². The zero-order valence-electron chi connectivity index (χ0n) is 18.6.